The van der Waals surface area contributed by atoms with E-state index in [-0.39, 0.29) is 22.8 Å². The number of nitrogens with zero attached hydrogens (tertiary/aromatic N) is 3. The largest absolute Gasteiger partial charge is 0.343 e. The van der Waals surface area contributed by atoms with Gasteiger partial charge in [-0.3, -0.25) is 9.69 Å². The Labute approximate surface area is 177 Å². The third-order valence-corrected chi connectivity index (χ3v) is 7.08. The quantitative estimate of drug-likeness (QED) is 0.652. The lowest BCUT2D eigenvalue weighted by Crippen LogP contribution is -2.53. The second-order valence-electron chi connectivity index (χ2n) is 6.51. The van der Waals surface area contributed by atoms with Gasteiger partial charge in [0, 0.05) is 11.6 Å². The van der Waals surface area contributed by atoms with Crippen molar-refractivity contribution in [1.29, 1.82) is 0 Å². The van der Waals surface area contributed by atoms with Gasteiger partial charge in [-0.1, -0.05) is 31.2 Å². The number of carbonyl (C=O) groups excluding carboxylic acids is 2. The number of thiazole rings is 1. The molecule has 0 atom stereocenters. The minimum absolute atomic E-state index is 0.0359. The van der Waals surface area contributed by atoms with Crippen molar-refractivity contribution in [3.63, 3.8) is 0 Å². The lowest BCUT2D eigenvalue weighted by molar-refractivity contribution is -0.114. The van der Waals surface area contributed by atoms with E-state index >= 15 is 0 Å². The first-order chi connectivity index (χ1) is 14.4. The van der Waals surface area contributed by atoms with E-state index in [1.165, 1.54) is 23.5 Å². The number of urea groups is 1. The van der Waals surface area contributed by atoms with Gasteiger partial charge in [-0.15, -0.1) is 11.3 Å². The SMILES string of the molecule is CCc1ccc(N2C(=O)N(CC(=O)Nc3nccs3)c3ccccc3S2(=O)=O)cc1. The lowest BCUT2D eigenvalue weighted by Gasteiger charge is -2.35. The maximum Gasteiger partial charge on any atom is 0.343 e. The Kier molecular flexibility index (Phi) is 5.27. The molecule has 0 spiro atoms. The minimum Gasteiger partial charge on any atom is -0.300 e. The Morgan fingerprint density at radius 2 is 1.87 bits per heavy atom. The van der Waals surface area contributed by atoms with Gasteiger partial charge < -0.3 is 5.32 Å². The van der Waals surface area contributed by atoms with Crippen molar-refractivity contribution in [1.82, 2.24) is 4.98 Å². The summed E-state index contributed by atoms with van der Waals surface area (Å²) in [5.41, 5.74) is 1.40. The van der Waals surface area contributed by atoms with Crippen LogP contribution in [-0.2, 0) is 21.2 Å². The smallest absolute Gasteiger partial charge is 0.300 e. The molecule has 0 aliphatic carbocycles. The summed E-state index contributed by atoms with van der Waals surface area (Å²) in [7, 11) is -4.12. The molecule has 0 saturated heterocycles. The van der Waals surface area contributed by atoms with E-state index in [4.69, 9.17) is 0 Å². The summed E-state index contributed by atoms with van der Waals surface area (Å²) in [4.78, 5) is 30.9. The maximum atomic E-state index is 13.3. The summed E-state index contributed by atoms with van der Waals surface area (Å²) in [6.45, 7) is 1.63. The molecule has 0 fully saturated rings. The molecule has 0 unspecified atom stereocenters. The van der Waals surface area contributed by atoms with Gasteiger partial charge in [-0.25, -0.2) is 18.2 Å². The van der Waals surface area contributed by atoms with E-state index in [0.29, 0.717) is 5.13 Å². The van der Waals surface area contributed by atoms with E-state index < -0.39 is 22.0 Å². The molecule has 30 heavy (non-hydrogen) atoms. The minimum atomic E-state index is -4.12. The molecule has 1 aliphatic heterocycles. The summed E-state index contributed by atoms with van der Waals surface area (Å²) < 4.78 is 27.2. The molecule has 3 aromatic rings. The second-order valence-corrected chi connectivity index (χ2v) is 9.16. The van der Waals surface area contributed by atoms with Crippen molar-refractivity contribution in [3.05, 3.63) is 65.7 Å². The van der Waals surface area contributed by atoms with Crippen molar-refractivity contribution >= 4 is 49.8 Å². The van der Waals surface area contributed by atoms with Crippen LogP contribution in [0.15, 0.2) is 65.0 Å². The third-order valence-electron chi connectivity index (χ3n) is 4.64. The number of fused-ring (bicyclic) bond motifs is 1. The fourth-order valence-electron chi connectivity index (χ4n) is 3.17. The van der Waals surface area contributed by atoms with Gasteiger partial charge in [0.1, 0.15) is 11.4 Å². The van der Waals surface area contributed by atoms with Crippen LogP contribution in [-0.4, -0.2) is 31.9 Å². The number of anilines is 3. The van der Waals surface area contributed by atoms with Crippen LogP contribution in [0.3, 0.4) is 0 Å². The molecule has 1 N–H and O–H groups in total. The van der Waals surface area contributed by atoms with Crippen molar-refractivity contribution in [2.24, 2.45) is 0 Å². The average Bonchev–Trinajstić information content (AvgIpc) is 3.24. The van der Waals surface area contributed by atoms with Crippen LogP contribution in [0, 0.1) is 0 Å². The van der Waals surface area contributed by atoms with E-state index in [9.17, 15) is 18.0 Å². The highest BCUT2D eigenvalue weighted by molar-refractivity contribution is 7.94. The monoisotopic (exact) mass is 442 g/mol. The van der Waals surface area contributed by atoms with Crippen LogP contribution < -0.4 is 14.5 Å². The Morgan fingerprint density at radius 1 is 1.13 bits per heavy atom. The number of aromatic nitrogens is 1. The van der Waals surface area contributed by atoms with Crippen molar-refractivity contribution in [3.8, 4) is 0 Å². The lowest BCUT2D eigenvalue weighted by atomic mass is 10.1. The zero-order chi connectivity index (χ0) is 21.3. The molecular formula is C20H18N4O4S2. The molecule has 0 saturated carbocycles. The van der Waals surface area contributed by atoms with Gasteiger partial charge >= 0.3 is 6.03 Å². The first-order valence-electron chi connectivity index (χ1n) is 9.16. The second kappa shape index (κ2) is 7.88. The van der Waals surface area contributed by atoms with Crippen molar-refractivity contribution in [2.75, 3.05) is 21.1 Å². The Bertz CT molecular complexity index is 1190. The zero-order valence-corrected chi connectivity index (χ0v) is 17.6. The van der Waals surface area contributed by atoms with Crippen LogP contribution in [0.4, 0.5) is 21.3 Å². The topological polar surface area (TPSA) is 99.7 Å². The van der Waals surface area contributed by atoms with Crippen LogP contribution in [0.2, 0.25) is 0 Å². The molecule has 8 nitrogen and oxygen atoms in total. The summed E-state index contributed by atoms with van der Waals surface area (Å²) in [6, 6.07) is 12.1. The summed E-state index contributed by atoms with van der Waals surface area (Å²) in [5, 5.41) is 4.73. The standard InChI is InChI=1S/C20H18N4O4S2/c1-2-14-7-9-15(10-8-14)24-20(26)23(13-18(25)22-19-21-11-12-29-19)16-5-3-4-6-17(16)30(24,27)28/h3-12H,2,13H2,1H3,(H,21,22,25). The van der Waals surface area contributed by atoms with Crippen LogP contribution >= 0.6 is 11.3 Å². The number of carbonyl (C=O) groups is 2. The Hall–Kier alpha value is -3.24. The maximum absolute atomic E-state index is 13.3. The number of aryl methyl sites for hydroxylation is 1. The molecule has 10 heteroatoms. The molecule has 0 bridgehead atoms. The van der Waals surface area contributed by atoms with E-state index in [1.54, 1.807) is 48.0 Å². The van der Waals surface area contributed by atoms with Crippen LogP contribution in [0.1, 0.15) is 12.5 Å². The van der Waals surface area contributed by atoms with Crippen LogP contribution in [0.5, 0.6) is 0 Å². The van der Waals surface area contributed by atoms with Gasteiger partial charge in [0.15, 0.2) is 5.13 Å². The molecule has 1 aromatic heterocycles. The summed E-state index contributed by atoms with van der Waals surface area (Å²) in [5.74, 6) is -0.478. The van der Waals surface area contributed by atoms with E-state index in [0.717, 1.165) is 21.2 Å². The highest BCUT2D eigenvalue weighted by Crippen LogP contribution is 2.37. The van der Waals surface area contributed by atoms with E-state index in [2.05, 4.69) is 10.3 Å². The molecular weight excluding hydrogens is 424 g/mol. The highest BCUT2D eigenvalue weighted by Gasteiger charge is 2.43. The normalized spacial score (nSPS) is 15.0. The van der Waals surface area contributed by atoms with Gasteiger partial charge in [0.25, 0.3) is 10.0 Å². The van der Waals surface area contributed by atoms with Gasteiger partial charge in [-0.2, -0.15) is 4.31 Å². The molecule has 154 valence electrons. The van der Waals surface area contributed by atoms with Gasteiger partial charge in [-0.05, 0) is 36.2 Å². The molecule has 3 amide bonds. The molecule has 0 radical (unpaired) electrons. The number of rotatable bonds is 5. The fraction of sp³-hybridized carbons (Fsp3) is 0.150. The average molecular weight is 443 g/mol. The van der Waals surface area contributed by atoms with Gasteiger partial charge in [0.05, 0.1) is 11.4 Å². The highest BCUT2D eigenvalue weighted by atomic mass is 32.2. The Morgan fingerprint density at radius 3 is 2.53 bits per heavy atom. The molecule has 2 aromatic carbocycles. The number of nitrogens with one attached hydrogen (secondary N) is 1. The fourth-order valence-corrected chi connectivity index (χ4v) is 5.31. The first kappa shape index (κ1) is 20.0. The summed E-state index contributed by atoms with van der Waals surface area (Å²) >= 11 is 1.25. The Balaban J connectivity index is 1.74. The number of hydrogen-bond donors (Lipinski definition) is 1. The predicted molar refractivity (Wildman–Crippen MR) is 115 cm³/mol. The number of amides is 3. The number of para-hydroxylation sites is 1. The predicted octanol–water partition coefficient (Wildman–Crippen LogP) is 3.48. The van der Waals surface area contributed by atoms with Crippen molar-refractivity contribution in [2.45, 2.75) is 18.2 Å². The third kappa shape index (κ3) is 3.55. The first-order valence-corrected chi connectivity index (χ1v) is 11.5. The van der Waals surface area contributed by atoms with E-state index in [1.807, 2.05) is 6.92 Å². The van der Waals surface area contributed by atoms with Gasteiger partial charge in [0.2, 0.25) is 5.91 Å². The number of hydrogen-bond acceptors (Lipinski definition) is 6. The molecule has 1 aliphatic rings. The molecule has 4 rings (SSSR count). The summed E-state index contributed by atoms with van der Waals surface area (Å²) in [6.07, 6.45) is 2.34. The van der Waals surface area contributed by atoms with Crippen LogP contribution in [0.25, 0.3) is 0 Å². The number of benzene rings is 2. The molecule has 2 heterocycles. The zero-order valence-electron chi connectivity index (χ0n) is 16.0. The van der Waals surface area contributed by atoms with Crippen molar-refractivity contribution < 1.29 is 18.0 Å². The number of sulfonamides is 1.